The molecule has 4 aliphatic carbocycles. The van der Waals surface area contributed by atoms with Crippen molar-refractivity contribution in [2.45, 2.75) is 44.6 Å². The Morgan fingerprint density at radius 1 is 1.20 bits per heavy atom. The van der Waals surface area contributed by atoms with Gasteiger partial charge in [0, 0.05) is 12.6 Å². The lowest BCUT2D eigenvalue weighted by Gasteiger charge is -2.60. The molecule has 0 saturated heterocycles. The fraction of sp³-hybridized carbons (Fsp3) is 0.706. The first-order valence-corrected chi connectivity index (χ1v) is 9.05. The van der Waals surface area contributed by atoms with Gasteiger partial charge in [-0.15, -0.1) is 5.10 Å². The van der Waals surface area contributed by atoms with Gasteiger partial charge >= 0.3 is 5.69 Å². The van der Waals surface area contributed by atoms with Gasteiger partial charge in [-0.2, -0.15) is 4.68 Å². The van der Waals surface area contributed by atoms with Gasteiger partial charge in [0.05, 0.1) is 0 Å². The Labute approximate surface area is 144 Å². The molecule has 4 aliphatic rings. The molecule has 2 aromatic heterocycles. The molecule has 8 nitrogen and oxygen atoms in total. The Balaban J connectivity index is 1.48. The van der Waals surface area contributed by atoms with Crippen LogP contribution in [0.15, 0.2) is 11.1 Å². The Kier molecular flexibility index (Phi) is 2.94. The average Bonchev–Trinajstić information content (AvgIpc) is 3.00. The van der Waals surface area contributed by atoms with E-state index < -0.39 is 0 Å². The number of nitrogens with one attached hydrogen (secondary N) is 1. The maximum Gasteiger partial charge on any atom is 0.352 e. The fourth-order valence-corrected chi connectivity index (χ4v) is 5.71. The normalized spacial score (nSPS) is 36.1. The highest BCUT2D eigenvalue weighted by molar-refractivity contribution is 5.98. The molecule has 4 saturated carbocycles. The third kappa shape index (κ3) is 2.02. The predicted octanol–water partition coefficient (Wildman–Crippen LogP) is 0.768. The zero-order chi connectivity index (χ0) is 17.3. The molecule has 8 heteroatoms. The number of fused-ring (bicyclic) bond motifs is 1. The lowest BCUT2D eigenvalue weighted by atomic mass is 9.49. The summed E-state index contributed by atoms with van der Waals surface area (Å²) in [5.74, 6) is 2.52. The average molecular weight is 342 g/mol. The van der Waals surface area contributed by atoms with Crippen molar-refractivity contribution >= 4 is 11.6 Å². The maximum atomic E-state index is 12.9. The quantitative estimate of drug-likeness (QED) is 0.870. The lowest BCUT2D eigenvalue weighted by Crippen LogP contribution is -2.64. The zero-order valence-electron chi connectivity index (χ0n) is 14.5. The fourth-order valence-electron chi connectivity index (χ4n) is 5.71. The van der Waals surface area contributed by atoms with E-state index in [1.807, 2.05) is 0 Å². The summed E-state index contributed by atoms with van der Waals surface area (Å²) in [5, 5.41) is 11.0. The molecule has 1 amide bonds. The van der Waals surface area contributed by atoms with Crippen molar-refractivity contribution < 1.29 is 4.79 Å². The monoisotopic (exact) mass is 342 g/mol. The van der Waals surface area contributed by atoms with Crippen LogP contribution in [0.4, 0.5) is 0 Å². The molecule has 4 fully saturated rings. The molecule has 2 heterocycles. The van der Waals surface area contributed by atoms with Crippen molar-refractivity contribution in [1.29, 1.82) is 0 Å². The minimum absolute atomic E-state index is 0.181. The molecule has 0 aliphatic heterocycles. The van der Waals surface area contributed by atoms with Crippen molar-refractivity contribution in [3.8, 4) is 0 Å². The van der Waals surface area contributed by atoms with E-state index in [9.17, 15) is 9.59 Å². The van der Waals surface area contributed by atoms with Crippen LogP contribution in [0.1, 0.15) is 49.5 Å². The van der Waals surface area contributed by atoms with Crippen LogP contribution in [0.2, 0.25) is 0 Å². The first-order chi connectivity index (χ1) is 12.0. The van der Waals surface area contributed by atoms with E-state index >= 15 is 0 Å². The maximum absolute atomic E-state index is 12.9. The molecular weight excluding hydrogens is 320 g/mol. The van der Waals surface area contributed by atoms with Gasteiger partial charge in [0.15, 0.2) is 11.3 Å². The van der Waals surface area contributed by atoms with Crippen molar-refractivity contribution in [3.05, 3.63) is 22.5 Å². The number of aryl methyl sites for hydroxylation is 1. The number of amides is 1. The summed E-state index contributed by atoms with van der Waals surface area (Å²) in [4.78, 5) is 29.2. The van der Waals surface area contributed by atoms with Gasteiger partial charge in [-0.1, -0.05) is 5.21 Å². The number of hydrogen-bond donors (Lipinski definition) is 1. The molecule has 0 unspecified atom stereocenters. The van der Waals surface area contributed by atoms with Crippen LogP contribution in [0.5, 0.6) is 0 Å². The van der Waals surface area contributed by atoms with Gasteiger partial charge in [0.2, 0.25) is 0 Å². The molecule has 25 heavy (non-hydrogen) atoms. The van der Waals surface area contributed by atoms with Crippen LogP contribution < -0.4 is 11.0 Å². The summed E-state index contributed by atoms with van der Waals surface area (Å²) >= 11 is 0. The van der Waals surface area contributed by atoms with Crippen LogP contribution in [0.3, 0.4) is 0 Å². The van der Waals surface area contributed by atoms with Crippen molar-refractivity contribution in [2.75, 3.05) is 0 Å². The van der Waals surface area contributed by atoms with Crippen LogP contribution in [0, 0.1) is 23.7 Å². The lowest BCUT2D eigenvalue weighted by molar-refractivity contribution is -0.0606. The Hall–Kier alpha value is -2.25. The first kappa shape index (κ1) is 15.0. The number of nitrogens with zero attached hydrogens (tertiary/aromatic N) is 5. The van der Waals surface area contributed by atoms with E-state index in [0.717, 1.165) is 16.5 Å². The van der Waals surface area contributed by atoms with E-state index in [4.69, 9.17) is 0 Å². The number of hydrogen-bond acceptors (Lipinski definition) is 5. The van der Waals surface area contributed by atoms with E-state index in [-0.39, 0.29) is 28.5 Å². The van der Waals surface area contributed by atoms with Crippen molar-refractivity contribution in [2.24, 2.45) is 30.7 Å². The summed E-state index contributed by atoms with van der Waals surface area (Å²) in [6.07, 6.45) is 7.59. The summed E-state index contributed by atoms with van der Waals surface area (Å²) in [6.45, 7) is 2.20. The minimum Gasteiger partial charge on any atom is -0.345 e. The van der Waals surface area contributed by atoms with Gasteiger partial charge in [-0.25, -0.2) is 14.2 Å². The Morgan fingerprint density at radius 2 is 1.84 bits per heavy atom. The van der Waals surface area contributed by atoms with Crippen molar-refractivity contribution in [1.82, 2.24) is 29.7 Å². The standard InChI is InChI=1S/C17H22N6O2/c1-17(11-4-9-3-10(6-11)7-12(17)5-9)19-15(24)13-14-20-21-22(2)16(25)23(14)8-18-13/h8-12H,3-7H2,1-2H3,(H,19,24). The highest BCUT2D eigenvalue weighted by Gasteiger charge is 2.55. The second kappa shape index (κ2) is 4.89. The van der Waals surface area contributed by atoms with E-state index in [2.05, 4.69) is 27.5 Å². The number of carbonyl (C=O) groups is 1. The molecule has 0 atom stereocenters. The summed E-state index contributed by atoms with van der Waals surface area (Å²) in [5.41, 5.74) is -0.154. The Bertz CT molecular complexity index is 901. The SMILES string of the molecule is Cn1nnc2c(C(=O)NC3(C)C4CC5CC(C4)CC3C5)ncn2c1=O. The van der Waals surface area contributed by atoms with E-state index in [1.165, 1.54) is 49.9 Å². The molecule has 0 spiro atoms. The van der Waals surface area contributed by atoms with Crippen LogP contribution in [-0.4, -0.2) is 35.8 Å². The zero-order valence-corrected chi connectivity index (χ0v) is 14.5. The predicted molar refractivity (Wildman–Crippen MR) is 88.9 cm³/mol. The highest BCUT2D eigenvalue weighted by Crippen LogP contribution is 2.58. The van der Waals surface area contributed by atoms with Gasteiger partial charge in [-0.05, 0) is 62.7 Å². The molecule has 6 rings (SSSR count). The number of imidazole rings is 1. The Morgan fingerprint density at radius 3 is 2.48 bits per heavy atom. The molecular formula is C17H22N6O2. The summed E-state index contributed by atoms with van der Waals surface area (Å²) in [7, 11) is 1.52. The van der Waals surface area contributed by atoms with Gasteiger partial charge in [0.25, 0.3) is 5.91 Å². The summed E-state index contributed by atoms with van der Waals surface area (Å²) < 4.78 is 2.39. The molecule has 0 aromatic carbocycles. The van der Waals surface area contributed by atoms with Gasteiger partial charge in [0.1, 0.15) is 6.33 Å². The number of aromatic nitrogens is 5. The van der Waals surface area contributed by atoms with Crippen LogP contribution in [0.25, 0.3) is 5.65 Å². The largest absolute Gasteiger partial charge is 0.352 e. The van der Waals surface area contributed by atoms with Crippen molar-refractivity contribution in [3.63, 3.8) is 0 Å². The second-order valence-electron chi connectivity index (χ2n) is 8.32. The summed E-state index contributed by atoms with van der Waals surface area (Å²) in [6, 6.07) is 0. The molecule has 2 aromatic rings. The van der Waals surface area contributed by atoms with Gasteiger partial charge in [-0.3, -0.25) is 4.79 Å². The van der Waals surface area contributed by atoms with Crippen LogP contribution >= 0.6 is 0 Å². The van der Waals surface area contributed by atoms with Gasteiger partial charge < -0.3 is 5.32 Å². The molecule has 132 valence electrons. The van der Waals surface area contributed by atoms with Crippen LogP contribution in [-0.2, 0) is 7.05 Å². The first-order valence-electron chi connectivity index (χ1n) is 9.05. The van der Waals surface area contributed by atoms with E-state index in [1.54, 1.807) is 0 Å². The molecule has 1 N–H and O–H groups in total. The molecule has 0 radical (unpaired) electrons. The smallest absolute Gasteiger partial charge is 0.345 e. The topological polar surface area (TPSA) is 94.2 Å². The molecule has 4 bridgehead atoms. The third-order valence-electron chi connectivity index (χ3n) is 6.93. The van der Waals surface area contributed by atoms with E-state index in [0.29, 0.717) is 11.8 Å². The number of carbonyl (C=O) groups excluding carboxylic acids is 1. The second-order valence-corrected chi connectivity index (χ2v) is 8.32. The third-order valence-corrected chi connectivity index (χ3v) is 6.93. The number of rotatable bonds is 2. The minimum atomic E-state index is -0.364. The highest BCUT2D eigenvalue weighted by atomic mass is 16.2.